The van der Waals surface area contributed by atoms with E-state index in [1.807, 2.05) is 48.3 Å². The summed E-state index contributed by atoms with van der Waals surface area (Å²) in [6.45, 7) is 3.82. The molecule has 2 amide bonds. The van der Waals surface area contributed by atoms with Crippen LogP contribution in [0.4, 0.5) is 0 Å². The van der Waals surface area contributed by atoms with E-state index in [2.05, 4.69) is 15.4 Å². The Morgan fingerprint density at radius 3 is 2.48 bits per heavy atom. The number of guanidine groups is 1. The molecule has 0 atom stereocenters. The van der Waals surface area contributed by atoms with Gasteiger partial charge in [-0.15, -0.1) is 0 Å². The summed E-state index contributed by atoms with van der Waals surface area (Å²) in [4.78, 5) is 30.9. The van der Waals surface area contributed by atoms with E-state index in [4.69, 9.17) is 5.73 Å². The van der Waals surface area contributed by atoms with Gasteiger partial charge in [-0.3, -0.25) is 19.6 Å². The zero-order valence-corrected chi connectivity index (χ0v) is 15.2. The number of aryl methyl sites for hydroxylation is 1. The number of nitrogens with two attached hydrogens (primary N) is 1. The number of nitrogens with one attached hydrogen (secondary N) is 1. The smallest absolute Gasteiger partial charge is 0.254 e. The van der Waals surface area contributed by atoms with E-state index >= 15 is 0 Å². The van der Waals surface area contributed by atoms with Gasteiger partial charge in [-0.25, -0.2) is 4.99 Å². The molecular weight excluding hydrogens is 344 g/mol. The van der Waals surface area contributed by atoms with Crippen molar-refractivity contribution < 1.29 is 9.59 Å². The first-order valence-corrected chi connectivity index (χ1v) is 9.10. The number of rotatable bonds is 3. The lowest BCUT2D eigenvalue weighted by Crippen LogP contribution is -2.50. The van der Waals surface area contributed by atoms with E-state index in [0.29, 0.717) is 31.5 Å². The second-order valence-corrected chi connectivity index (χ2v) is 6.94. The zero-order chi connectivity index (χ0) is 19.0. The molecule has 0 radical (unpaired) electrons. The summed E-state index contributed by atoms with van der Waals surface area (Å²) >= 11 is 0. The lowest BCUT2D eigenvalue weighted by molar-refractivity contribution is -0.125. The first-order chi connectivity index (χ1) is 13.0. The number of carbonyl (C=O) groups is 2. The molecular formula is C19H22N6O2. The Bertz CT molecular complexity index is 907. The monoisotopic (exact) mass is 366 g/mol. The highest BCUT2D eigenvalue weighted by Crippen LogP contribution is 2.30. The number of hydrogen-bond donors (Lipinski definition) is 2. The van der Waals surface area contributed by atoms with Crippen LogP contribution in [0.2, 0.25) is 0 Å². The van der Waals surface area contributed by atoms with Gasteiger partial charge < -0.3 is 10.6 Å². The highest BCUT2D eigenvalue weighted by Gasteiger charge is 2.46. The van der Waals surface area contributed by atoms with Crippen molar-refractivity contribution in [1.29, 1.82) is 0 Å². The molecule has 27 heavy (non-hydrogen) atoms. The molecule has 8 heteroatoms. The lowest BCUT2D eigenvalue weighted by Gasteiger charge is -2.35. The van der Waals surface area contributed by atoms with E-state index in [0.717, 1.165) is 17.7 Å². The Morgan fingerprint density at radius 2 is 1.93 bits per heavy atom. The first-order valence-electron chi connectivity index (χ1n) is 9.10. The summed E-state index contributed by atoms with van der Waals surface area (Å²) in [5, 5.41) is 6.84. The minimum absolute atomic E-state index is 0.0315. The Balaban J connectivity index is 1.44. The number of hydrogen-bond acceptors (Lipinski definition) is 5. The van der Waals surface area contributed by atoms with Gasteiger partial charge in [0.2, 0.25) is 0 Å². The van der Waals surface area contributed by atoms with Crippen LogP contribution in [0, 0.1) is 0 Å². The predicted octanol–water partition coefficient (Wildman–Crippen LogP) is 0.989. The zero-order valence-electron chi connectivity index (χ0n) is 15.2. The molecule has 1 aromatic heterocycles. The molecule has 1 spiro atoms. The summed E-state index contributed by atoms with van der Waals surface area (Å²) in [5.41, 5.74) is 7.51. The van der Waals surface area contributed by atoms with Gasteiger partial charge in [0.25, 0.3) is 11.8 Å². The fourth-order valence-corrected chi connectivity index (χ4v) is 3.63. The maximum absolute atomic E-state index is 12.8. The lowest BCUT2D eigenvalue weighted by atomic mass is 9.87. The first kappa shape index (κ1) is 17.3. The van der Waals surface area contributed by atoms with E-state index in [9.17, 15) is 9.59 Å². The highest BCUT2D eigenvalue weighted by molar-refractivity contribution is 6.07. The fourth-order valence-electron chi connectivity index (χ4n) is 3.63. The van der Waals surface area contributed by atoms with Crippen molar-refractivity contribution >= 4 is 17.8 Å². The van der Waals surface area contributed by atoms with Crippen molar-refractivity contribution in [2.24, 2.45) is 10.7 Å². The number of piperidine rings is 1. The average Bonchev–Trinajstić information content (AvgIpc) is 3.27. The molecule has 0 bridgehead atoms. The fraction of sp³-hybridized carbons (Fsp3) is 0.368. The van der Waals surface area contributed by atoms with Gasteiger partial charge in [-0.05, 0) is 37.5 Å². The molecule has 8 nitrogen and oxygen atoms in total. The Morgan fingerprint density at radius 1 is 1.22 bits per heavy atom. The molecule has 1 fully saturated rings. The highest BCUT2D eigenvalue weighted by atomic mass is 16.2. The summed E-state index contributed by atoms with van der Waals surface area (Å²) in [6.07, 6.45) is 4.78. The van der Waals surface area contributed by atoms with Gasteiger partial charge in [-0.2, -0.15) is 5.10 Å². The number of amides is 2. The van der Waals surface area contributed by atoms with E-state index in [-0.39, 0.29) is 17.8 Å². The van der Waals surface area contributed by atoms with Gasteiger partial charge in [0.1, 0.15) is 5.54 Å². The molecule has 0 unspecified atom stereocenters. The van der Waals surface area contributed by atoms with Gasteiger partial charge in [0.15, 0.2) is 5.96 Å². The SMILES string of the molecule is CCn1cc(-c2ccc(C(=O)N3CCC4(CC3)N=C(N)NC4=O)cc2)cn1. The molecule has 1 aromatic carbocycles. The van der Waals surface area contributed by atoms with Crippen molar-refractivity contribution in [3.63, 3.8) is 0 Å². The van der Waals surface area contributed by atoms with Crippen LogP contribution in [0.15, 0.2) is 41.7 Å². The van der Waals surface area contributed by atoms with Crippen LogP contribution in [-0.2, 0) is 11.3 Å². The number of aromatic nitrogens is 2. The van der Waals surface area contributed by atoms with Crippen molar-refractivity contribution in [1.82, 2.24) is 20.0 Å². The molecule has 0 saturated carbocycles. The summed E-state index contributed by atoms with van der Waals surface area (Å²) < 4.78 is 1.87. The van der Waals surface area contributed by atoms with E-state index in [1.165, 1.54) is 0 Å². The Kier molecular flexibility index (Phi) is 4.18. The number of benzene rings is 1. The molecule has 0 aliphatic carbocycles. The number of likely N-dealkylation sites (tertiary alicyclic amines) is 1. The predicted molar refractivity (Wildman–Crippen MR) is 101 cm³/mol. The van der Waals surface area contributed by atoms with Gasteiger partial charge in [0, 0.05) is 37.0 Å². The summed E-state index contributed by atoms with van der Waals surface area (Å²) in [7, 11) is 0. The largest absolute Gasteiger partial charge is 0.370 e. The summed E-state index contributed by atoms with van der Waals surface area (Å²) in [6, 6.07) is 7.55. The van der Waals surface area contributed by atoms with Crippen LogP contribution in [0.5, 0.6) is 0 Å². The van der Waals surface area contributed by atoms with Crippen molar-refractivity contribution in [2.75, 3.05) is 13.1 Å². The molecule has 140 valence electrons. The number of aliphatic imine (C=N–C) groups is 1. The third-order valence-electron chi connectivity index (χ3n) is 5.30. The Labute approximate surface area is 157 Å². The normalized spacial score (nSPS) is 18.5. The second-order valence-electron chi connectivity index (χ2n) is 6.94. The summed E-state index contributed by atoms with van der Waals surface area (Å²) in [5.74, 6) is -0.0261. The second kappa shape index (κ2) is 6.53. The molecule has 2 aromatic rings. The van der Waals surface area contributed by atoms with Crippen molar-refractivity contribution in [2.45, 2.75) is 31.8 Å². The van der Waals surface area contributed by atoms with Crippen molar-refractivity contribution in [3.8, 4) is 11.1 Å². The molecule has 2 aliphatic rings. The molecule has 3 heterocycles. The van der Waals surface area contributed by atoms with Crippen LogP contribution in [0.1, 0.15) is 30.1 Å². The number of carbonyl (C=O) groups excluding carboxylic acids is 2. The van der Waals surface area contributed by atoms with E-state index in [1.54, 1.807) is 4.90 Å². The Hall–Kier alpha value is -3.16. The van der Waals surface area contributed by atoms with Crippen LogP contribution >= 0.6 is 0 Å². The van der Waals surface area contributed by atoms with Crippen LogP contribution in [0.3, 0.4) is 0 Å². The molecule has 3 N–H and O–H groups in total. The maximum atomic E-state index is 12.8. The third-order valence-corrected chi connectivity index (χ3v) is 5.30. The molecule has 2 aliphatic heterocycles. The number of nitrogens with zero attached hydrogens (tertiary/aromatic N) is 4. The topological polar surface area (TPSA) is 106 Å². The van der Waals surface area contributed by atoms with E-state index < -0.39 is 5.54 Å². The quantitative estimate of drug-likeness (QED) is 0.845. The van der Waals surface area contributed by atoms with Gasteiger partial charge in [-0.1, -0.05) is 12.1 Å². The minimum atomic E-state index is -0.801. The van der Waals surface area contributed by atoms with Crippen LogP contribution in [0.25, 0.3) is 11.1 Å². The standard InChI is InChI=1S/C19H22N6O2/c1-2-25-12-15(11-21-25)13-3-5-14(6-4-13)16(26)24-9-7-19(8-10-24)17(27)22-18(20)23-19/h3-6,11-12H,2,7-10H2,1H3,(H3,20,22,23,27). The molecule has 4 rings (SSSR count). The van der Waals surface area contributed by atoms with Gasteiger partial charge >= 0.3 is 0 Å². The van der Waals surface area contributed by atoms with Crippen molar-refractivity contribution in [3.05, 3.63) is 42.2 Å². The molecule has 1 saturated heterocycles. The van der Waals surface area contributed by atoms with Gasteiger partial charge in [0.05, 0.1) is 6.20 Å². The average molecular weight is 366 g/mol. The van der Waals surface area contributed by atoms with Crippen LogP contribution in [-0.4, -0.2) is 51.1 Å². The maximum Gasteiger partial charge on any atom is 0.254 e. The van der Waals surface area contributed by atoms with Crippen LogP contribution < -0.4 is 11.1 Å². The minimum Gasteiger partial charge on any atom is -0.370 e. The third kappa shape index (κ3) is 3.07.